The van der Waals surface area contributed by atoms with Crippen LogP contribution in [0.4, 0.5) is 15.3 Å². The van der Waals surface area contributed by atoms with Gasteiger partial charge in [-0.15, -0.1) is 0 Å². The van der Waals surface area contributed by atoms with Crippen LogP contribution in [0.5, 0.6) is 11.5 Å². The van der Waals surface area contributed by atoms with E-state index in [2.05, 4.69) is 15.3 Å². The number of hydrogen-bond acceptors (Lipinski definition) is 7. The number of amides is 3. The molecule has 0 unspecified atom stereocenters. The monoisotopic (exact) mass is 490 g/mol. The first kappa shape index (κ1) is 24.8. The summed E-state index contributed by atoms with van der Waals surface area (Å²) in [5.41, 5.74) is -0.651. The number of nitrogens with zero attached hydrogens (tertiary/aromatic N) is 3. The van der Waals surface area contributed by atoms with Crippen molar-refractivity contribution in [2.45, 2.75) is 32.9 Å². The molecule has 1 aromatic heterocycles. The molecule has 0 atom stereocenters. The Bertz CT molecular complexity index is 953. The molecule has 1 N–H and O–H groups in total. The molecule has 0 saturated carbocycles. The number of carbonyl (C=O) groups is 2. The number of anilines is 1. The average Bonchev–Trinajstić information content (AvgIpc) is 2.68. The maximum absolute atomic E-state index is 13.1. The van der Waals surface area contributed by atoms with Crippen molar-refractivity contribution in [1.29, 1.82) is 0 Å². The highest BCUT2D eigenvalue weighted by Crippen LogP contribution is 2.46. The quantitative estimate of drug-likeness (QED) is 0.580. The van der Waals surface area contributed by atoms with Gasteiger partial charge in [0.25, 0.3) is 0 Å². The molecule has 9 nitrogen and oxygen atoms in total. The number of benzene rings is 1. The van der Waals surface area contributed by atoms with Gasteiger partial charge in [0.1, 0.15) is 44.3 Å². The molecule has 0 aliphatic heterocycles. The highest BCUT2D eigenvalue weighted by Gasteiger charge is 2.34. The maximum Gasteiger partial charge on any atom is 0.423 e. The van der Waals surface area contributed by atoms with Gasteiger partial charge in [-0.1, -0.05) is 34.8 Å². The van der Waals surface area contributed by atoms with Crippen LogP contribution in [-0.2, 0) is 11.3 Å². The van der Waals surface area contributed by atoms with E-state index >= 15 is 0 Å². The molecule has 0 saturated heterocycles. The van der Waals surface area contributed by atoms with Gasteiger partial charge in [0.15, 0.2) is 0 Å². The minimum Gasteiger partial charge on any atom is -0.495 e. The molecule has 0 radical (unpaired) electrons. The predicted molar refractivity (Wildman–Crippen MR) is 118 cm³/mol. The molecule has 0 aliphatic rings. The van der Waals surface area contributed by atoms with E-state index in [1.807, 2.05) is 0 Å². The van der Waals surface area contributed by atoms with Crippen LogP contribution in [0.2, 0.25) is 15.2 Å². The molecule has 2 rings (SSSR count). The summed E-state index contributed by atoms with van der Waals surface area (Å²) in [5, 5.41) is 2.59. The second-order valence-electron chi connectivity index (χ2n) is 7.06. The lowest BCUT2D eigenvalue weighted by molar-refractivity contribution is 0.0593. The topological polar surface area (TPSA) is 103 Å². The number of hydrogen-bond donors (Lipinski definition) is 1. The van der Waals surface area contributed by atoms with Crippen LogP contribution in [0.25, 0.3) is 0 Å². The summed E-state index contributed by atoms with van der Waals surface area (Å²) in [6, 6.07) is 2.03. The first-order valence-corrected chi connectivity index (χ1v) is 9.99. The molecule has 168 valence electrons. The van der Waals surface area contributed by atoms with Gasteiger partial charge in [-0.2, -0.15) is 4.90 Å². The number of nitrogens with one attached hydrogen (secondary N) is 1. The minimum atomic E-state index is -1.01. The molecular weight excluding hydrogens is 471 g/mol. The smallest absolute Gasteiger partial charge is 0.423 e. The SMILES string of the molecule is COc1cc(OC)c(Cl)c(N(C(=O)NCc2cc(Cl)ncn2)C(=O)OC(C)(C)C)c1Cl. The lowest BCUT2D eigenvalue weighted by atomic mass is 10.2. The summed E-state index contributed by atoms with van der Waals surface area (Å²) in [6.07, 6.45) is 0.237. The van der Waals surface area contributed by atoms with Gasteiger partial charge in [-0.25, -0.2) is 19.6 Å². The van der Waals surface area contributed by atoms with Gasteiger partial charge in [0.2, 0.25) is 0 Å². The molecule has 0 aliphatic carbocycles. The molecule has 3 amide bonds. The zero-order valence-electron chi connectivity index (χ0n) is 17.5. The zero-order valence-corrected chi connectivity index (χ0v) is 19.7. The van der Waals surface area contributed by atoms with Crippen molar-refractivity contribution in [3.8, 4) is 11.5 Å². The van der Waals surface area contributed by atoms with Crippen molar-refractivity contribution >= 4 is 52.6 Å². The van der Waals surface area contributed by atoms with E-state index in [9.17, 15) is 9.59 Å². The van der Waals surface area contributed by atoms with Crippen LogP contribution in [0.1, 0.15) is 26.5 Å². The second kappa shape index (κ2) is 10.2. The Labute approximate surface area is 194 Å². The average molecular weight is 492 g/mol. The number of urea groups is 1. The molecule has 0 fully saturated rings. The Balaban J connectivity index is 2.51. The van der Waals surface area contributed by atoms with Gasteiger partial charge in [-0.3, -0.25) is 0 Å². The fourth-order valence-corrected chi connectivity index (χ4v) is 3.20. The second-order valence-corrected chi connectivity index (χ2v) is 8.21. The third-order valence-electron chi connectivity index (χ3n) is 3.66. The van der Waals surface area contributed by atoms with E-state index in [1.165, 1.54) is 32.7 Å². The Morgan fingerprint density at radius 3 is 2.10 bits per heavy atom. The Kier molecular flexibility index (Phi) is 8.16. The first-order valence-electron chi connectivity index (χ1n) is 8.85. The van der Waals surface area contributed by atoms with Crippen LogP contribution in [0.3, 0.4) is 0 Å². The Morgan fingerprint density at radius 2 is 1.61 bits per heavy atom. The number of aromatic nitrogens is 2. The van der Waals surface area contributed by atoms with Crippen LogP contribution < -0.4 is 19.7 Å². The third-order valence-corrected chi connectivity index (χ3v) is 4.60. The van der Waals surface area contributed by atoms with E-state index in [0.717, 1.165) is 0 Å². The van der Waals surface area contributed by atoms with Crippen LogP contribution in [-0.4, -0.2) is 41.9 Å². The highest BCUT2D eigenvalue weighted by molar-refractivity contribution is 6.43. The van der Waals surface area contributed by atoms with Gasteiger partial charge in [0, 0.05) is 6.07 Å². The maximum atomic E-state index is 13.1. The predicted octanol–water partition coefficient (Wildman–Crippen LogP) is 5.11. The molecule has 0 bridgehead atoms. The number of methoxy groups -OCH3 is 2. The Hall–Kier alpha value is -2.49. The van der Waals surface area contributed by atoms with Gasteiger partial charge >= 0.3 is 12.1 Å². The van der Waals surface area contributed by atoms with Crippen molar-refractivity contribution in [3.05, 3.63) is 39.4 Å². The van der Waals surface area contributed by atoms with E-state index in [4.69, 9.17) is 49.0 Å². The summed E-state index contributed by atoms with van der Waals surface area (Å²) in [5.74, 6) is 0.281. The van der Waals surface area contributed by atoms with Crippen molar-refractivity contribution in [1.82, 2.24) is 15.3 Å². The molecule has 2 aromatic rings. The third kappa shape index (κ3) is 6.25. The van der Waals surface area contributed by atoms with E-state index in [1.54, 1.807) is 20.8 Å². The number of rotatable bonds is 5. The summed E-state index contributed by atoms with van der Waals surface area (Å²) in [6.45, 7) is 4.90. The van der Waals surface area contributed by atoms with Crippen LogP contribution >= 0.6 is 34.8 Å². The summed E-state index contributed by atoms with van der Waals surface area (Å²) in [7, 11) is 2.74. The highest BCUT2D eigenvalue weighted by atomic mass is 35.5. The summed E-state index contributed by atoms with van der Waals surface area (Å²) >= 11 is 18.6. The molecular formula is C19H21Cl3N4O5. The number of carbonyl (C=O) groups excluding carboxylic acids is 2. The summed E-state index contributed by atoms with van der Waals surface area (Å²) < 4.78 is 15.8. The summed E-state index contributed by atoms with van der Waals surface area (Å²) in [4.78, 5) is 34.5. The van der Waals surface area contributed by atoms with E-state index in [0.29, 0.717) is 10.6 Å². The molecule has 31 heavy (non-hydrogen) atoms. The van der Waals surface area contributed by atoms with Crippen LogP contribution in [0.15, 0.2) is 18.5 Å². The lowest BCUT2D eigenvalue weighted by Crippen LogP contribution is -2.46. The largest absolute Gasteiger partial charge is 0.495 e. The lowest BCUT2D eigenvalue weighted by Gasteiger charge is -2.28. The van der Waals surface area contributed by atoms with Gasteiger partial charge in [0.05, 0.1) is 26.5 Å². The normalized spacial score (nSPS) is 11.0. The Morgan fingerprint density at radius 1 is 1.03 bits per heavy atom. The number of imide groups is 1. The van der Waals surface area contributed by atoms with Gasteiger partial charge < -0.3 is 19.5 Å². The fourth-order valence-electron chi connectivity index (χ4n) is 2.36. The van der Waals surface area contributed by atoms with Crippen molar-refractivity contribution in [3.63, 3.8) is 0 Å². The van der Waals surface area contributed by atoms with Gasteiger partial charge in [-0.05, 0) is 26.8 Å². The zero-order chi connectivity index (χ0) is 23.3. The first-order chi connectivity index (χ1) is 14.5. The number of ether oxygens (including phenoxy) is 3. The van der Waals surface area contributed by atoms with E-state index in [-0.39, 0.29) is 38.9 Å². The number of halogens is 3. The molecule has 12 heteroatoms. The van der Waals surface area contributed by atoms with E-state index < -0.39 is 17.7 Å². The fraction of sp³-hybridized carbons (Fsp3) is 0.368. The minimum absolute atomic E-state index is 0.0588. The molecule has 1 heterocycles. The standard InChI is InChI=1S/C19H21Cl3N4O5/c1-19(2,3)31-18(28)26(17(27)23-8-10-6-13(20)25-9-24-10)16-14(21)11(29-4)7-12(30-5)15(16)22/h6-7,9H,8H2,1-5H3,(H,23,27). The van der Waals surface area contributed by atoms with Crippen molar-refractivity contribution in [2.75, 3.05) is 19.1 Å². The van der Waals surface area contributed by atoms with Crippen molar-refractivity contribution in [2.24, 2.45) is 0 Å². The van der Waals surface area contributed by atoms with Crippen molar-refractivity contribution < 1.29 is 23.8 Å². The molecule has 1 aromatic carbocycles. The molecule has 0 spiro atoms. The van der Waals surface area contributed by atoms with Crippen LogP contribution in [0, 0.1) is 0 Å².